The van der Waals surface area contributed by atoms with Gasteiger partial charge < -0.3 is 16.0 Å². The molecule has 3 aliphatic rings. The topological polar surface area (TPSA) is 87.3 Å². The van der Waals surface area contributed by atoms with E-state index < -0.39 is 5.92 Å². The molecule has 42 heavy (non-hydrogen) atoms. The van der Waals surface area contributed by atoms with Crippen molar-refractivity contribution in [1.29, 1.82) is 0 Å². The third-order valence-electron chi connectivity index (χ3n) is 11.8. The smallest absolute Gasteiger partial charge is 0.224 e. The molecule has 3 fully saturated rings. The van der Waals surface area contributed by atoms with Gasteiger partial charge in [-0.1, -0.05) is 99.3 Å². The van der Waals surface area contributed by atoms with Crippen LogP contribution in [0.2, 0.25) is 0 Å². The molecule has 3 rings (SSSR count). The SMILES string of the molecule is CCC(C)C1CCCC(NC(=O)CC(CC(=O)NC2CCCC(C(C)CC)C2)C(=O)NC2CCCC(C(C)CC)C2)C1. The van der Waals surface area contributed by atoms with Gasteiger partial charge in [-0.15, -0.1) is 0 Å². The van der Waals surface area contributed by atoms with E-state index in [0.29, 0.717) is 35.5 Å². The van der Waals surface area contributed by atoms with Gasteiger partial charge in [0.2, 0.25) is 17.7 Å². The zero-order valence-electron chi connectivity index (χ0n) is 28.0. The monoisotopic (exact) mass is 588 g/mol. The molecule has 9 unspecified atom stereocenters. The van der Waals surface area contributed by atoms with Gasteiger partial charge in [0.25, 0.3) is 0 Å². The van der Waals surface area contributed by atoms with E-state index in [4.69, 9.17) is 0 Å². The van der Waals surface area contributed by atoms with Crippen LogP contribution >= 0.6 is 0 Å². The summed E-state index contributed by atoms with van der Waals surface area (Å²) in [4.78, 5) is 40.4. The van der Waals surface area contributed by atoms with Crippen molar-refractivity contribution >= 4 is 17.7 Å². The molecule has 0 aromatic rings. The molecule has 0 saturated heterocycles. The van der Waals surface area contributed by atoms with Crippen LogP contribution in [-0.4, -0.2) is 35.8 Å². The summed E-state index contributed by atoms with van der Waals surface area (Å²) in [5.74, 6) is 3.03. The third-order valence-corrected chi connectivity index (χ3v) is 11.8. The highest BCUT2D eigenvalue weighted by atomic mass is 16.2. The second-order valence-corrected chi connectivity index (χ2v) is 14.8. The van der Waals surface area contributed by atoms with Crippen molar-refractivity contribution in [3.8, 4) is 0 Å². The van der Waals surface area contributed by atoms with Crippen LogP contribution in [0, 0.1) is 41.4 Å². The van der Waals surface area contributed by atoms with Gasteiger partial charge in [0, 0.05) is 31.0 Å². The molecule has 0 aromatic heterocycles. The first-order chi connectivity index (χ1) is 20.1. The number of rotatable bonds is 14. The van der Waals surface area contributed by atoms with Crippen LogP contribution in [-0.2, 0) is 14.4 Å². The molecule has 3 saturated carbocycles. The van der Waals surface area contributed by atoms with Crippen LogP contribution in [0.4, 0.5) is 0 Å². The molecule has 9 atom stereocenters. The molecule has 6 heteroatoms. The number of nitrogens with one attached hydrogen (secondary N) is 3. The van der Waals surface area contributed by atoms with Gasteiger partial charge in [-0.2, -0.15) is 0 Å². The van der Waals surface area contributed by atoms with Crippen LogP contribution in [0.5, 0.6) is 0 Å². The molecular weight excluding hydrogens is 522 g/mol. The van der Waals surface area contributed by atoms with Gasteiger partial charge in [0.1, 0.15) is 0 Å². The number of hydrogen-bond donors (Lipinski definition) is 3. The predicted octanol–water partition coefficient (Wildman–Crippen LogP) is 7.55. The van der Waals surface area contributed by atoms with Gasteiger partial charge >= 0.3 is 0 Å². The second kappa shape index (κ2) is 17.6. The van der Waals surface area contributed by atoms with E-state index in [1.807, 2.05) is 0 Å². The van der Waals surface area contributed by atoms with Crippen molar-refractivity contribution in [2.24, 2.45) is 41.4 Å². The molecule has 0 heterocycles. The summed E-state index contributed by atoms with van der Waals surface area (Å²) < 4.78 is 0. The van der Waals surface area contributed by atoms with Crippen LogP contribution in [0.1, 0.15) is 151 Å². The average Bonchev–Trinajstić information content (AvgIpc) is 2.99. The van der Waals surface area contributed by atoms with E-state index in [0.717, 1.165) is 64.2 Å². The lowest BCUT2D eigenvalue weighted by atomic mass is 9.77. The Labute approximate surface area is 258 Å². The Hall–Kier alpha value is -1.59. The third kappa shape index (κ3) is 10.8. The minimum atomic E-state index is -0.628. The Morgan fingerprint density at radius 2 is 0.881 bits per heavy atom. The Morgan fingerprint density at radius 3 is 1.21 bits per heavy atom. The summed E-state index contributed by atoms with van der Waals surface area (Å²) in [5, 5.41) is 9.86. The maximum absolute atomic E-state index is 13.7. The normalized spacial score (nSPS) is 31.3. The molecule has 3 amide bonds. The van der Waals surface area contributed by atoms with Crippen molar-refractivity contribution in [3.63, 3.8) is 0 Å². The van der Waals surface area contributed by atoms with Crippen molar-refractivity contribution in [2.45, 2.75) is 169 Å². The standard InChI is InChI=1S/C36H65N3O3/c1-7-24(4)27-13-10-16-31(19-27)37-34(40)22-30(36(42)39-33-18-12-15-29(21-33)26(6)9-3)23-35(41)38-32-17-11-14-28(20-32)25(5)8-2/h24-33H,7-23H2,1-6H3,(H,37,40)(H,38,41)(H,39,42). The summed E-state index contributed by atoms with van der Waals surface area (Å²) in [7, 11) is 0. The van der Waals surface area contributed by atoms with Crippen molar-refractivity contribution in [1.82, 2.24) is 16.0 Å². The largest absolute Gasteiger partial charge is 0.353 e. The maximum atomic E-state index is 13.7. The molecule has 0 spiro atoms. The first kappa shape index (κ1) is 34.9. The van der Waals surface area contributed by atoms with Gasteiger partial charge in [-0.05, 0) is 74.0 Å². The molecule has 6 nitrogen and oxygen atoms in total. The van der Waals surface area contributed by atoms with E-state index in [2.05, 4.69) is 57.5 Å². The fourth-order valence-electron chi connectivity index (χ4n) is 8.22. The molecule has 0 aromatic carbocycles. The van der Waals surface area contributed by atoms with Crippen LogP contribution in [0.25, 0.3) is 0 Å². The number of hydrogen-bond acceptors (Lipinski definition) is 3. The number of carbonyl (C=O) groups excluding carboxylic acids is 3. The van der Waals surface area contributed by atoms with E-state index >= 15 is 0 Å². The van der Waals surface area contributed by atoms with E-state index in [-0.39, 0.29) is 48.7 Å². The molecular formula is C36H65N3O3. The predicted molar refractivity (Wildman–Crippen MR) is 173 cm³/mol. The lowest BCUT2D eigenvalue weighted by Crippen LogP contribution is -2.46. The highest BCUT2D eigenvalue weighted by Crippen LogP contribution is 2.34. The number of amides is 3. The molecule has 3 aliphatic carbocycles. The fourth-order valence-corrected chi connectivity index (χ4v) is 8.22. The van der Waals surface area contributed by atoms with E-state index in [1.54, 1.807) is 0 Å². The summed E-state index contributed by atoms with van der Waals surface area (Å²) in [5.41, 5.74) is 0. The first-order valence-corrected chi connectivity index (χ1v) is 18.0. The summed E-state index contributed by atoms with van der Waals surface area (Å²) in [6, 6.07) is 0.498. The number of carbonyl (C=O) groups is 3. The lowest BCUT2D eigenvalue weighted by Gasteiger charge is -2.35. The van der Waals surface area contributed by atoms with Crippen LogP contribution in [0.15, 0.2) is 0 Å². The van der Waals surface area contributed by atoms with Gasteiger partial charge in [-0.3, -0.25) is 14.4 Å². The Balaban J connectivity index is 1.62. The Kier molecular flexibility index (Phi) is 14.7. The van der Waals surface area contributed by atoms with E-state index in [9.17, 15) is 14.4 Å². The minimum Gasteiger partial charge on any atom is -0.353 e. The van der Waals surface area contributed by atoms with Gasteiger partial charge in [-0.25, -0.2) is 0 Å². The highest BCUT2D eigenvalue weighted by Gasteiger charge is 2.33. The molecule has 0 radical (unpaired) electrons. The highest BCUT2D eigenvalue weighted by molar-refractivity contribution is 5.90. The summed E-state index contributed by atoms with van der Waals surface area (Å²) in [6.45, 7) is 13.7. The van der Waals surface area contributed by atoms with Crippen LogP contribution < -0.4 is 16.0 Å². The van der Waals surface area contributed by atoms with Crippen molar-refractivity contribution in [2.75, 3.05) is 0 Å². The van der Waals surface area contributed by atoms with Crippen molar-refractivity contribution in [3.05, 3.63) is 0 Å². The van der Waals surface area contributed by atoms with Crippen molar-refractivity contribution < 1.29 is 14.4 Å². The molecule has 0 aliphatic heterocycles. The summed E-state index contributed by atoms with van der Waals surface area (Å²) in [6.07, 6.45) is 16.9. The maximum Gasteiger partial charge on any atom is 0.224 e. The molecule has 0 bridgehead atoms. The average molecular weight is 588 g/mol. The van der Waals surface area contributed by atoms with E-state index in [1.165, 1.54) is 32.1 Å². The summed E-state index contributed by atoms with van der Waals surface area (Å²) >= 11 is 0. The van der Waals surface area contributed by atoms with Gasteiger partial charge in [0.05, 0.1) is 5.92 Å². The fraction of sp³-hybridized carbons (Fsp3) is 0.917. The zero-order chi connectivity index (χ0) is 30.6. The quantitative estimate of drug-likeness (QED) is 0.196. The Morgan fingerprint density at radius 1 is 0.548 bits per heavy atom. The molecule has 242 valence electrons. The second-order valence-electron chi connectivity index (χ2n) is 14.8. The zero-order valence-corrected chi connectivity index (χ0v) is 28.0. The van der Waals surface area contributed by atoms with Crippen LogP contribution in [0.3, 0.4) is 0 Å². The first-order valence-electron chi connectivity index (χ1n) is 18.0. The molecule has 3 N–H and O–H groups in total. The lowest BCUT2D eigenvalue weighted by molar-refractivity contribution is -0.134. The minimum absolute atomic E-state index is 0.0756. The van der Waals surface area contributed by atoms with Gasteiger partial charge in [0.15, 0.2) is 0 Å². The Bertz CT molecular complexity index is 801.